The first-order valence-corrected chi connectivity index (χ1v) is 23.1. The number of hydrogen-bond acceptors (Lipinski definition) is 4. The lowest BCUT2D eigenvalue weighted by Gasteiger charge is -2.11. The second-order valence-corrected chi connectivity index (χ2v) is 16.1. The summed E-state index contributed by atoms with van der Waals surface area (Å²) in [6.07, 6.45) is 50.2. The Morgan fingerprint density at radius 2 is 0.600 bits per heavy atom. The normalized spacial score (nSPS) is 12.8. The first kappa shape index (κ1) is 49.4. The Kier molecular flexibility index (Phi) is 42.3. The number of carbonyl (C=O) groups excluding carboxylic acids is 1. The quantitative estimate of drug-likeness (QED) is 0.0489. The van der Waals surface area contributed by atoms with E-state index in [0.29, 0.717) is 6.42 Å². The fourth-order valence-electron chi connectivity index (χ4n) is 7.35. The third kappa shape index (κ3) is 41.8. The summed E-state index contributed by atoms with van der Waals surface area (Å²) in [5.74, 6) is -0.156. The van der Waals surface area contributed by atoms with Crippen molar-refractivity contribution in [1.29, 1.82) is 0 Å². The number of aliphatic hydroxyl groups is 2. The van der Waals surface area contributed by atoms with E-state index in [-0.39, 0.29) is 18.7 Å². The number of unbranched alkanes of at least 4 members (excludes halogenated alkanes) is 33. The molecule has 4 nitrogen and oxygen atoms in total. The van der Waals surface area contributed by atoms with Crippen molar-refractivity contribution in [2.24, 2.45) is 0 Å². The zero-order chi connectivity index (χ0) is 36.4. The highest BCUT2D eigenvalue weighted by Gasteiger charge is 2.09. The summed E-state index contributed by atoms with van der Waals surface area (Å²) in [6.45, 7) is 4.68. The summed E-state index contributed by atoms with van der Waals surface area (Å²) >= 11 is 0. The summed E-state index contributed by atoms with van der Waals surface area (Å²) in [7, 11) is 0. The molecule has 0 aliphatic carbocycles. The van der Waals surface area contributed by atoms with Gasteiger partial charge in [-0.1, -0.05) is 239 Å². The first-order chi connectivity index (χ1) is 24.6. The van der Waals surface area contributed by atoms with Gasteiger partial charge in [0.15, 0.2) is 0 Å². The molecule has 50 heavy (non-hydrogen) atoms. The lowest BCUT2D eigenvalue weighted by atomic mass is 10.0. The molecule has 0 radical (unpaired) electrons. The molecule has 2 N–H and O–H groups in total. The van der Waals surface area contributed by atoms with Crippen molar-refractivity contribution in [2.75, 3.05) is 6.61 Å². The third-order valence-corrected chi connectivity index (χ3v) is 10.9. The lowest BCUT2D eigenvalue weighted by molar-refractivity contribution is -0.146. The van der Waals surface area contributed by atoms with E-state index in [2.05, 4.69) is 13.8 Å². The van der Waals surface area contributed by atoms with Crippen LogP contribution in [0.1, 0.15) is 271 Å². The van der Waals surface area contributed by atoms with E-state index >= 15 is 0 Å². The van der Waals surface area contributed by atoms with Gasteiger partial charge in [-0.2, -0.15) is 0 Å². The van der Waals surface area contributed by atoms with Crippen molar-refractivity contribution < 1.29 is 19.7 Å². The number of hydrogen-bond donors (Lipinski definition) is 2. The molecule has 0 aliphatic heterocycles. The highest BCUT2D eigenvalue weighted by molar-refractivity contribution is 5.69. The molecule has 0 aromatic carbocycles. The van der Waals surface area contributed by atoms with E-state index < -0.39 is 6.10 Å². The van der Waals surface area contributed by atoms with Gasteiger partial charge in [0.25, 0.3) is 0 Å². The van der Waals surface area contributed by atoms with Crippen LogP contribution in [0.5, 0.6) is 0 Å². The molecule has 0 saturated carbocycles. The summed E-state index contributed by atoms with van der Waals surface area (Å²) in [5, 5.41) is 20.3. The van der Waals surface area contributed by atoms with Gasteiger partial charge in [-0.15, -0.1) is 0 Å². The van der Waals surface area contributed by atoms with Gasteiger partial charge in [0.1, 0.15) is 6.61 Å². The number of carbonyl (C=O) groups is 1. The zero-order valence-electron chi connectivity index (χ0n) is 34.4. The standard InChI is InChI=1S/C46H92O4/c1-3-5-7-9-10-11-12-13-14-15-16-17-18-19-20-21-22-23-24-25-26-30-33-37-41-45(48)43-50-46(49)42-38-34-31-28-27-29-32-36-40-44(47)39-35-8-6-4-2/h44-45,47-48H,3-43H2,1-2H3. The Labute approximate surface area is 314 Å². The van der Waals surface area contributed by atoms with Gasteiger partial charge in [-0.25, -0.2) is 0 Å². The number of esters is 1. The van der Waals surface area contributed by atoms with Crippen LogP contribution < -0.4 is 0 Å². The molecule has 2 atom stereocenters. The molecule has 0 saturated heterocycles. The molecule has 0 aliphatic rings. The Balaban J connectivity index is 3.27. The van der Waals surface area contributed by atoms with Crippen LogP contribution in [0.15, 0.2) is 0 Å². The van der Waals surface area contributed by atoms with Crippen molar-refractivity contribution in [3.8, 4) is 0 Å². The fourth-order valence-corrected chi connectivity index (χ4v) is 7.35. The Bertz CT molecular complexity index is 638. The van der Waals surface area contributed by atoms with Gasteiger partial charge in [0.2, 0.25) is 0 Å². The van der Waals surface area contributed by atoms with Gasteiger partial charge in [0, 0.05) is 6.42 Å². The average molecular weight is 709 g/mol. The van der Waals surface area contributed by atoms with Crippen molar-refractivity contribution in [3.63, 3.8) is 0 Å². The second kappa shape index (κ2) is 42.8. The number of ether oxygens (including phenoxy) is 1. The molecule has 0 spiro atoms. The average Bonchev–Trinajstić information content (AvgIpc) is 3.11. The van der Waals surface area contributed by atoms with Crippen LogP contribution in [0.3, 0.4) is 0 Å². The minimum absolute atomic E-state index is 0.0966. The van der Waals surface area contributed by atoms with Crippen molar-refractivity contribution in [2.45, 2.75) is 283 Å². The van der Waals surface area contributed by atoms with Crippen molar-refractivity contribution in [3.05, 3.63) is 0 Å². The lowest BCUT2D eigenvalue weighted by Crippen LogP contribution is -2.18. The molecule has 0 fully saturated rings. The van der Waals surface area contributed by atoms with E-state index in [1.807, 2.05) is 0 Å². The Morgan fingerprint density at radius 3 is 0.920 bits per heavy atom. The molecule has 4 heteroatoms. The van der Waals surface area contributed by atoms with E-state index in [1.54, 1.807) is 0 Å². The highest BCUT2D eigenvalue weighted by Crippen LogP contribution is 2.17. The minimum atomic E-state index is -0.513. The second-order valence-electron chi connectivity index (χ2n) is 16.1. The molecule has 300 valence electrons. The molecular weight excluding hydrogens is 617 g/mol. The number of rotatable bonds is 43. The summed E-state index contributed by atoms with van der Waals surface area (Å²) in [6, 6.07) is 0. The predicted octanol–water partition coefficient (Wildman–Crippen LogP) is 14.9. The third-order valence-electron chi connectivity index (χ3n) is 10.9. The van der Waals surface area contributed by atoms with E-state index in [0.717, 1.165) is 44.9 Å². The molecule has 0 heterocycles. The maximum Gasteiger partial charge on any atom is 0.305 e. The van der Waals surface area contributed by atoms with Crippen molar-refractivity contribution in [1.82, 2.24) is 0 Å². The summed E-state index contributed by atoms with van der Waals surface area (Å²) in [5.41, 5.74) is 0. The Morgan fingerprint density at radius 1 is 0.360 bits per heavy atom. The Hall–Kier alpha value is -0.610. The molecule has 0 amide bonds. The van der Waals surface area contributed by atoms with Gasteiger partial charge < -0.3 is 14.9 Å². The molecular formula is C46H92O4. The topological polar surface area (TPSA) is 66.8 Å². The molecule has 0 bridgehead atoms. The van der Waals surface area contributed by atoms with Gasteiger partial charge in [0.05, 0.1) is 12.2 Å². The number of aliphatic hydroxyl groups excluding tert-OH is 2. The van der Waals surface area contributed by atoms with Gasteiger partial charge in [-0.05, 0) is 25.7 Å². The summed E-state index contributed by atoms with van der Waals surface area (Å²) < 4.78 is 5.33. The predicted molar refractivity (Wildman–Crippen MR) is 219 cm³/mol. The maximum atomic E-state index is 12.0. The van der Waals surface area contributed by atoms with Crippen LogP contribution in [0.2, 0.25) is 0 Å². The fraction of sp³-hybridized carbons (Fsp3) is 0.978. The van der Waals surface area contributed by atoms with Crippen LogP contribution in [-0.4, -0.2) is 35.0 Å². The molecule has 0 rings (SSSR count). The largest absolute Gasteiger partial charge is 0.463 e. The zero-order valence-corrected chi connectivity index (χ0v) is 34.4. The van der Waals surface area contributed by atoms with Gasteiger partial charge in [-0.3, -0.25) is 4.79 Å². The molecule has 0 aromatic heterocycles. The van der Waals surface area contributed by atoms with Crippen LogP contribution in [-0.2, 0) is 9.53 Å². The van der Waals surface area contributed by atoms with E-state index in [1.165, 1.54) is 205 Å². The van der Waals surface area contributed by atoms with Gasteiger partial charge >= 0.3 is 5.97 Å². The molecule has 2 unspecified atom stereocenters. The molecule has 0 aromatic rings. The minimum Gasteiger partial charge on any atom is -0.463 e. The maximum absolute atomic E-state index is 12.0. The van der Waals surface area contributed by atoms with Crippen molar-refractivity contribution >= 4 is 5.97 Å². The van der Waals surface area contributed by atoms with Crippen LogP contribution in [0, 0.1) is 0 Å². The van der Waals surface area contributed by atoms with Crippen LogP contribution in [0.4, 0.5) is 0 Å². The first-order valence-electron chi connectivity index (χ1n) is 23.1. The van der Waals surface area contributed by atoms with E-state index in [4.69, 9.17) is 4.74 Å². The smallest absolute Gasteiger partial charge is 0.305 e. The highest BCUT2D eigenvalue weighted by atomic mass is 16.5. The summed E-state index contributed by atoms with van der Waals surface area (Å²) in [4.78, 5) is 12.0. The van der Waals surface area contributed by atoms with Crippen LogP contribution in [0.25, 0.3) is 0 Å². The van der Waals surface area contributed by atoms with E-state index in [9.17, 15) is 15.0 Å². The SMILES string of the molecule is CCCCCCCCCCCCCCCCCCCCCCCCCCC(O)COC(=O)CCCCCCCCCCC(O)CCCCCC. The van der Waals surface area contributed by atoms with Crippen LogP contribution >= 0.6 is 0 Å². The monoisotopic (exact) mass is 709 g/mol.